The van der Waals surface area contributed by atoms with Gasteiger partial charge in [0.05, 0.1) is 23.8 Å². The largest absolute Gasteiger partial charge is 0.571 e. The van der Waals surface area contributed by atoms with Crippen molar-refractivity contribution in [2.24, 2.45) is 0 Å². The van der Waals surface area contributed by atoms with Crippen LogP contribution < -0.4 is 0 Å². The van der Waals surface area contributed by atoms with Crippen LogP contribution in [0.1, 0.15) is 5.56 Å². The summed E-state index contributed by atoms with van der Waals surface area (Å²) in [6, 6.07) is 3.88. The van der Waals surface area contributed by atoms with Gasteiger partial charge in [-0.05, 0) is 12.1 Å². The van der Waals surface area contributed by atoms with E-state index in [0.29, 0.717) is 0 Å². The summed E-state index contributed by atoms with van der Waals surface area (Å²) in [5.41, 5.74) is 0.547. The Balaban J connectivity index is 1.76. The molecule has 172 valence electrons. The maximum absolute atomic E-state index is 10.3. The van der Waals surface area contributed by atoms with E-state index < -0.39 is 49.2 Å². The Hall–Kier alpha value is -3.22. The van der Waals surface area contributed by atoms with E-state index >= 15 is 0 Å². The van der Waals surface area contributed by atoms with Crippen molar-refractivity contribution in [2.45, 2.75) is 36.8 Å². The normalized spacial score (nSPS) is 32.3. The Labute approximate surface area is 181 Å². The minimum atomic E-state index is -1.69. The van der Waals surface area contributed by atoms with Gasteiger partial charge in [-0.1, -0.05) is 0 Å². The van der Waals surface area contributed by atoms with Crippen LogP contribution in [0.15, 0.2) is 59.3 Å². The monoisotopic (exact) mass is 451 g/mol. The van der Waals surface area contributed by atoms with Crippen molar-refractivity contribution in [3.63, 3.8) is 0 Å². The van der Waals surface area contributed by atoms with Crippen molar-refractivity contribution in [1.29, 1.82) is 0 Å². The summed E-state index contributed by atoms with van der Waals surface area (Å²) < 4.78 is 15.6. The SMILES string of the molecule is OC[C@H]1O[C@@H](OC2=C(c3ccc(O)c(O)c3)[OH+]C3C=C(O)C=C(O)C3=C2)[C@H](O)[C@@H](O)[C@@H]1O. The molecular formula is C21H23O11+. The molecule has 1 aliphatic carbocycles. The van der Waals surface area contributed by atoms with Crippen molar-refractivity contribution >= 4 is 5.76 Å². The van der Waals surface area contributed by atoms with Crippen molar-refractivity contribution in [3.8, 4) is 11.5 Å². The number of fused-ring (bicyclic) bond motifs is 1. The van der Waals surface area contributed by atoms with E-state index in [2.05, 4.69) is 4.74 Å². The molecule has 6 atom stereocenters. The van der Waals surface area contributed by atoms with Gasteiger partial charge in [-0.3, -0.25) is 0 Å². The molecule has 9 N–H and O–H groups in total. The zero-order valence-electron chi connectivity index (χ0n) is 16.5. The topological polar surface area (TPSA) is 193 Å². The summed E-state index contributed by atoms with van der Waals surface area (Å²) in [4.78, 5) is 0. The minimum absolute atomic E-state index is 0.0413. The molecule has 1 fully saturated rings. The molecule has 0 saturated carbocycles. The van der Waals surface area contributed by atoms with Crippen LogP contribution in [0.4, 0.5) is 0 Å². The fourth-order valence-corrected chi connectivity index (χ4v) is 3.62. The molecule has 11 heteroatoms. The molecule has 0 spiro atoms. The van der Waals surface area contributed by atoms with Crippen LogP contribution in [-0.2, 0) is 9.47 Å². The van der Waals surface area contributed by atoms with Crippen molar-refractivity contribution in [2.75, 3.05) is 6.61 Å². The summed E-state index contributed by atoms with van der Waals surface area (Å²) in [7, 11) is 0. The first-order chi connectivity index (χ1) is 15.2. The van der Waals surface area contributed by atoms with E-state index in [0.717, 1.165) is 6.08 Å². The lowest BCUT2D eigenvalue weighted by Gasteiger charge is -2.40. The molecule has 0 amide bonds. The van der Waals surface area contributed by atoms with E-state index in [1.165, 1.54) is 30.4 Å². The van der Waals surface area contributed by atoms with Crippen LogP contribution in [0.3, 0.4) is 0 Å². The maximum atomic E-state index is 10.3. The van der Waals surface area contributed by atoms with Crippen molar-refractivity contribution in [3.05, 3.63) is 64.8 Å². The third-order valence-corrected chi connectivity index (χ3v) is 5.36. The Kier molecular flexibility index (Phi) is 5.75. The summed E-state index contributed by atoms with van der Waals surface area (Å²) in [5.74, 6) is -1.21. The number of rotatable bonds is 4. The molecule has 1 aromatic rings. The Bertz CT molecular complexity index is 1020. The standard InChI is InChI=1S/C21H22O11/c22-7-16-17(27)18(28)19(29)21(32-16)31-15-6-10-12(25)4-9(23)5-14(10)30-20(15)8-1-2-11(24)13(26)3-8/h1-6,14,16-19,21-29H,7H2/p+1/t14?,16-,17-,18+,19-,21-/m1/s1. The minimum Gasteiger partial charge on any atom is -0.571 e. The van der Waals surface area contributed by atoms with E-state index in [4.69, 9.17) is 9.47 Å². The average molecular weight is 451 g/mol. The summed E-state index contributed by atoms with van der Waals surface area (Å²) >= 11 is 0. The Morgan fingerprint density at radius 1 is 0.938 bits per heavy atom. The third kappa shape index (κ3) is 3.87. The highest BCUT2D eigenvalue weighted by molar-refractivity contribution is 5.69. The molecule has 0 radical (unpaired) electrons. The first-order valence-electron chi connectivity index (χ1n) is 9.67. The highest BCUT2D eigenvalue weighted by Crippen LogP contribution is 2.38. The molecule has 32 heavy (non-hydrogen) atoms. The molecule has 11 nitrogen and oxygen atoms in total. The zero-order valence-corrected chi connectivity index (χ0v) is 16.5. The highest BCUT2D eigenvalue weighted by atomic mass is 16.7. The number of benzene rings is 1. The van der Waals surface area contributed by atoms with E-state index in [1.54, 1.807) is 0 Å². The lowest BCUT2D eigenvalue weighted by atomic mass is 9.96. The van der Waals surface area contributed by atoms with Gasteiger partial charge >= 0.3 is 5.76 Å². The second kappa shape index (κ2) is 8.37. The number of hydrogen-bond donors (Lipinski definition) is 8. The molecule has 1 saturated heterocycles. The molecule has 2 heterocycles. The molecule has 0 bridgehead atoms. The molecule has 2 aliphatic heterocycles. The summed E-state index contributed by atoms with van der Waals surface area (Å²) in [6.45, 7) is -0.649. The van der Waals surface area contributed by atoms with Gasteiger partial charge in [-0.2, -0.15) is 0 Å². The molecule has 3 aliphatic rings. The molecule has 1 aromatic carbocycles. The Morgan fingerprint density at radius 2 is 1.69 bits per heavy atom. The number of hydrogen-bond acceptors (Lipinski definition) is 10. The number of aliphatic hydroxyl groups is 8. The fraction of sp³-hybridized carbons (Fsp3) is 0.333. The van der Waals surface area contributed by atoms with Gasteiger partial charge in [0, 0.05) is 18.2 Å². The summed E-state index contributed by atoms with van der Waals surface area (Å²) in [6.07, 6.45) is -4.60. The number of aliphatic hydroxyl groups excluding tert-OH is 6. The predicted octanol–water partition coefficient (Wildman–Crippen LogP) is -0.683. The molecular weight excluding hydrogens is 428 g/mol. The first-order valence-corrected chi connectivity index (χ1v) is 9.67. The van der Waals surface area contributed by atoms with Gasteiger partial charge in [0.2, 0.25) is 18.2 Å². The first kappa shape index (κ1) is 22.0. The van der Waals surface area contributed by atoms with Gasteiger partial charge < -0.3 is 55.1 Å². The van der Waals surface area contributed by atoms with Crippen LogP contribution in [0.25, 0.3) is 5.76 Å². The van der Waals surface area contributed by atoms with E-state index in [1.807, 2.05) is 0 Å². The second-order valence-corrected chi connectivity index (χ2v) is 7.53. The van der Waals surface area contributed by atoms with Crippen LogP contribution in [0.5, 0.6) is 11.5 Å². The smallest absolute Gasteiger partial charge is 0.305 e. The van der Waals surface area contributed by atoms with Crippen LogP contribution in [0.2, 0.25) is 0 Å². The van der Waals surface area contributed by atoms with Crippen LogP contribution >= 0.6 is 0 Å². The van der Waals surface area contributed by atoms with Crippen molar-refractivity contribution in [1.82, 2.24) is 0 Å². The molecule has 1 unspecified atom stereocenters. The predicted molar refractivity (Wildman–Crippen MR) is 107 cm³/mol. The fourth-order valence-electron chi connectivity index (χ4n) is 3.62. The number of phenolic OH excluding ortho intramolecular Hbond substituents is 2. The quantitative estimate of drug-likeness (QED) is 0.215. The second-order valence-electron chi connectivity index (χ2n) is 7.53. The number of allylic oxidation sites excluding steroid dienone is 2. The van der Waals surface area contributed by atoms with Gasteiger partial charge in [-0.25, -0.2) is 0 Å². The zero-order chi connectivity index (χ0) is 23.2. The Morgan fingerprint density at radius 3 is 2.38 bits per heavy atom. The van der Waals surface area contributed by atoms with Gasteiger partial charge in [0.25, 0.3) is 0 Å². The van der Waals surface area contributed by atoms with Gasteiger partial charge in [0.15, 0.2) is 11.5 Å². The summed E-state index contributed by atoms with van der Waals surface area (Å²) in [5, 5.41) is 79.3. The number of phenols is 2. The van der Waals surface area contributed by atoms with Crippen LogP contribution in [-0.4, -0.2) is 89.0 Å². The lowest BCUT2D eigenvalue weighted by Crippen LogP contribution is -2.59. The molecule has 0 aromatic heterocycles. The number of ether oxygens (including phenoxy) is 3. The van der Waals surface area contributed by atoms with Gasteiger partial charge in [0.1, 0.15) is 35.9 Å². The molecule has 4 rings (SSSR count). The third-order valence-electron chi connectivity index (χ3n) is 5.36. The van der Waals surface area contributed by atoms with Crippen LogP contribution in [0, 0.1) is 0 Å². The highest BCUT2D eigenvalue weighted by Gasteiger charge is 2.46. The number of aromatic hydroxyl groups is 2. The van der Waals surface area contributed by atoms with Gasteiger partial charge in [-0.15, -0.1) is 0 Å². The maximum Gasteiger partial charge on any atom is 0.305 e. The lowest BCUT2D eigenvalue weighted by molar-refractivity contribution is -0.290. The van der Waals surface area contributed by atoms with E-state index in [9.17, 15) is 40.9 Å². The average Bonchev–Trinajstić information content (AvgIpc) is 2.76. The van der Waals surface area contributed by atoms with Crippen molar-refractivity contribution < 1.29 is 55.1 Å². The van der Waals surface area contributed by atoms with E-state index in [-0.39, 0.29) is 39.9 Å².